The van der Waals surface area contributed by atoms with Gasteiger partial charge >= 0.3 is 11.9 Å². The van der Waals surface area contributed by atoms with Gasteiger partial charge in [0.2, 0.25) is 0 Å². The standard InChI is InChI=1S/C38H33BrN2O10/c1-45-31-15-21(7-8-27(31)37(43)46-2)22-14-28(34-32(16-22)47-9-11-49-34)36(42)41-25(13-23-19-40-30-6-4-3-5-26(23)30)20-51-38(44)29-17-24(39)18-33-35(29)50-12-10-48-33/h3-8,14-19,25,40H,9-13,20H2,1-2H3,(H,41,42)/t25-/m1/s1. The minimum Gasteiger partial charge on any atom is -0.496 e. The first-order valence-corrected chi connectivity index (χ1v) is 16.9. The molecule has 0 saturated heterocycles. The van der Waals surface area contributed by atoms with Gasteiger partial charge in [-0.15, -0.1) is 0 Å². The summed E-state index contributed by atoms with van der Waals surface area (Å²) in [5, 5.41) is 4.06. The average Bonchev–Trinajstić information content (AvgIpc) is 3.57. The third-order valence-electron chi connectivity index (χ3n) is 8.55. The van der Waals surface area contributed by atoms with Gasteiger partial charge in [0.25, 0.3) is 5.91 Å². The van der Waals surface area contributed by atoms with Gasteiger partial charge in [-0.25, -0.2) is 9.59 Å². The van der Waals surface area contributed by atoms with Crippen molar-refractivity contribution in [2.24, 2.45) is 0 Å². The number of ether oxygens (including phenoxy) is 7. The second-order valence-electron chi connectivity index (χ2n) is 11.8. The van der Waals surface area contributed by atoms with E-state index in [2.05, 4.69) is 26.2 Å². The van der Waals surface area contributed by atoms with E-state index in [9.17, 15) is 14.4 Å². The van der Waals surface area contributed by atoms with Crippen LogP contribution in [0.15, 0.2) is 77.4 Å². The topological polar surface area (TPSA) is 144 Å². The van der Waals surface area contributed by atoms with Crippen molar-refractivity contribution < 1.29 is 47.5 Å². The van der Waals surface area contributed by atoms with E-state index in [1.807, 2.05) is 30.5 Å². The molecule has 12 nitrogen and oxygen atoms in total. The van der Waals surface area contributed by atoms with Gasteiger partial charge in [0.15, 0.2) is 23.0 Å². The van der Waals surface area contributed by atoms with Gasteiger partial charge < -0.3 is 43.5 Å². The number of carbonyl (C=O) groups excluding carboxylic acids is 3. The van der Waals surface area contributed by atoms with E-state index in [1.165, 1.54) is 14.2 Å². The van der Waals surface area contributed by atoms with Crippen molar-refractivity contribution >= 4 is 44.7 Å². The van der Waals surface area contributed by atoms with Crippen LogP contribution in [0.2, 0.25) is 0 Å². The summed E-state index contributed by atoms with van der Waals surface area (Å²) in [6.45, 7) is 1.06. The Labute approximate surface area is 301 Å². The maximum atomic E-state index is 14.2. The zero-order valence-electron chi connectivity index (χ0n) is 27.7. The Morgan fingerprint density at radius 2 is 1.53 bits per heavy atom. The first-order valence-electron chi connectivity index (χ1n) is 16.2. The highest BCUT2D eigenvalue weighted by atomic mass is 79.9. The number of H-pyrrole nitrogens is 1. The van der Waals surface area contributed by atoms with Crippen molar-refractivity contribution in [2.45, 2.75) is 12.5 Å². The smallest absolute Gasteiger partial charge is 0.342 e. The molecule has 13 heteroatoms. The summed E-state index contributed by atoms with van der Waals surface area (Å²) in [6.07, 6.45) is 2.22. The van der Waals surface area contributed by atoms with Gasteiger partial charge in [0.1, 0.15) is 49.9 Å². The molecule has 4 aromatic carbocycles. The molecule has 0 radical (unpaired) electrons. The second-order valence-corrected chi connectivity index (χ2v) is 12.7. The van der Waals surface area contributed by atoms with Crippen molar-refractivity contribution in [2.75, 3.05) is 47.3 Å². The molecule has 0 aliphatic carbocycles. The summed E-state index contributed by atoms with van der Waals surface area (Å²) in [4.78, 5) is 43.3. The molecule has 0 spiro atoms. The largest absolute Gasteiger partial charge is 0.496 e. The Hall–Kier alpha value is -5.69. The maximum absolute atomic E-state index is 14.2. The molecular formula is C38H33BrN2O10. The van der Waals surface area contributed by atoms with Gasteiger partial charge in [0.05, 0.1) is 25.8 Å². The molecule has 2 N–H and O–H groups in total. The molecule has 2 aliphatic heterocycles. The highest BCUT2D eigenvalue weighted by molar-refractivity contribution is 9.10. The number of aromatic amines is 1. The minimum atomic E-state index is -0.663. The van der Waals surface area contributed by atoms with Gasteiger partial charge in [-0.2, -0.15) is 0 Å². The molecule has 0 fully saturated rings. The number of methoxy groups -OCH3 is 2. The van der Waals surface area contributed by atoms with Crippen LogP contribution in [0.1, 0.15) is 36.6 Å². The number of nitrogens with one attached hydrogen (secondary N) is 2. The number of halogens is 1. The zero-order chi connectivity index (χ0) is 35.5. The van der Waals surface area contributed by atoms with Crippen LogP contribution in [0.4, 0.5) is 0 Å². The Balaban J connectivity index is 1.20. The van der Waals surface area contributed by atoms with Crippen LogP contribution in [-0.2, 0) is 15.9 Å². The molecule has 7 rings (SSSR count). The highest BCUT2D eigenvalue weighted by Gasteiger charge is 2.28. The number of fused-ring (bicyclic) bond motifs is 3. The molecule has 5 aromatic rings. The first-order chi connectivity index (χ1) is 24.8. The summed E-state index contributed by atoms with van der Waals surface area (Å²) in [5.74, 6) is 0.111. The van der Waals surface area contributed by atoms with Crippen molar-refractivity contribution in [3.05, 3.63) is 99.7 Å². The maximum Gasteiger partial charge on any atom is 0.342 e. The molecule has 2 aliphatic rings. The molecule has 1 amide bonds. The van der Waals surface area contributed by atoms with Crippen LogP contribution in [0.5, 0.6) is 28.7 Å². The lowest BCUT2D eigenvalue weighted by Gasteiger charge is -2.24. The molecular weight excluding hydrogens is 724 g/mol. The van der Waals surface area contributed by atoms with Gasteiger partial charge in [0, 0.05) is 21.6 Å². The Morgan fingerprint density at radius 3 is 2.29 bits per heavy atom. The number of para-hydroxylation sites is 1. The number of aromatic nitrogens is 1. The summed E-state index contributed by atoms with van der Waals surface area (Å²) in [6, 6.07) is 19.0. The Bertz CT molecular complexity index is 2150. The summed E-state index contributed by atoms with van der Waals surface area (Å²) >= 11 is 3.43. The summed E-state index contributed by atoms with van der Waals surface area (Å²) in [7, 11) is 2.76. The van der Waals surface area contributed by atoms with E-state index >= 15 is 0 Å². The number of hydrogen-bond acceptors (Lipinski definition) is 10. The fourth-order valence-corrected chi connectivity index (χ4v) is 6.58. The number of esters is 2. The number of rotatable bonds is 10. The number of benzene rings is 4. The molecule has 0 saturated carbocycles. The Morgan fingerprint density at radius 1 is 0.804 bits per heavy atom. The second kappa shape index (κ2) is 14.7. The fourth-order valence-electron chi connectivity index (χ4n) is 6.14. The molecule has 1 atom stereocenters. The summed E-state index contributed by atoms with van der Waals surface area (Å²) < 4.78 is 40.1. The van der Waals surface area contributed by atoms with Gasteiger partial charge in [-0.1, -0.05) is 40.2 Å². The normalized spacial score (nSPS) is 13.6. The van der Waals surface area contributed by atoms with Crippen LogP contribution in [0.25, 0.3) is 22.0 Å². The van der Waals surface area contributed by atoms with Crippen molar-refractivity contribution in [1.29, 1.82) is 0 Å². The molecule has 262 valence electrons. The van der Waals surface area contributed by atoms with Gasteiger partial charge in [-0.05, 0) is 65.6 Å². The molecule has 0 unspecified atom stereocenters. The third-order valence-corrected chi connectivity index (χ3v) is 9.00. The van der Waals surface area contributed by atoms with Crippen LogP contribution in [-0.4, -0.2) is 76.1 Å². The van der Waals surface area contributed by atoms with E-state index in [0.717, 1.165) is 16.5 Å². The lowest BCUT2D eigenvalue weighted by molar-refractivity contribution is 0.0446. The van der Waals surface area contributed by atoms with E-state index in [4.69, 9.17) is 33.2 Å². The first kappa shape index (κ1) is 33.8. The Kier molecular flexibility index (Phi) is 9.71. The summed E-state index contributed by atoms with van der Waals surface area (Å²) in [5.41, 5.74) is 3.84. The van der Waals surface area contributed by atoms with Crippen LogP contribution >= 0.6 is 15.9 Å². The monoisotopic (exact) mass is 756 g/mol. The molecule has 51 heavy (non-hydrogen) atoms. The quantitative estimate of drug-likeness (QED) is 0.160. The van der Waals surface area contributed by atoms with E-state index in [0.29, 0.717) is 70.6 Å². The SMILES string of the molecule is COC(=O)c1ccc(-c2cc3c(c(C(=O)N[C@@H](COC(=O)c4cc(Br)cc5c4OCCO5)Cc4c[nH]c5ccccc45)c2)OCCO3)cc1OC. The molecule has 3 heterocycles. The van der Waals surface area contributed by atoms with Gasteiger partial charge in [-0.3, -0.25) is 4.79 Å². The predicted molar refractivity (Wildman–Crippen MR) is 189 cm³/mol. The number of amides is 1. The van der Waals surface area contributed by atoms with E-state index in [1.54, 1.807) is 42.5 Å². The lowest BCUT2D eigenvalue weighted by atomic mass is 9.98. The van der Waals surface area contributed by atoms with E-state index in [-0.39, 0.29) is 29.9 Å². The van der Waals surface area contributed by atoms with Crippen LogP contribution in [0, 0.1) is 0 Å². The minimum absolute atomic E-state index is 0.155. The van der Waals surface area contributed by atoms with Crippen LogP contribution in [0.3, 0.4) is 0 Å². The predicted octanol–water partition coefficient (Wildman–Crippen LogP) is 6.13. The molecule has 0 bridgehead atoms. The average molecular weight is 758 g/mol. The molecule has 1 aromatic heterocycles. The van der Waals surface area contributed by atoms with E-state index < -0.39 is 23.9 Å². The van der Waals surface area contributed by atoms with Crippen molar-refractivity contribution in [3.8, 4) is 39.9 Å². The van der Waals surface area contributed by atoms with Crippen molar-refractivity contribution in [1.82, 2.24) is 10.3 Å². The lowest BCUT2D eigenvalue weighted by Crippen LogP contribution is -2.40. The fraction of sp³-hybridized carbons (Fsp3) is 0.237. The van der Waals surface area contributed by atoms with Crippen molar-refractivity contribution in [3.63, 3.8) is 0 Å². The third kappa shape index (κ3) is 7.02. The highest BCUT2D eigenvalue weighted by Crippen LogP contribution is 2.40. The van der Waals surface area contributed by atoms with Crippen LogP contribution < -0.4 is 29.0 Å². The zero-order valence-corrected chi connectivity index (χ0v) is 29.3. The number of hydrogen-bond donors (Lipinski definition) is 2. The number of carbonyl (C=O) groups is 3.